The zero-order valence-corrected chi connectivity index (χ0v) is 35.0. The molecule has 3 heteroatoms. The van der Waals surface area contributed by atoms with Crippen molar-refractivity contribution in [2.24, 2.45) is 0 Å². The van der Waals surface area contributed by atoms with E-state index in [0.717, 1.165) is 5.69 Å². The molecule has 4 aliphatic rings. The van der Waals surface area contributed by atoms with Crippen molar-refractivity contribution in [2.75, 3.05) is 0 Å². The quantitative estimate of drug-likeness (QED) is 0.174. The van der Waals surface area contributed by atoms with Crippen LogP contribution in [0.5, 0.6) is 0 Å². The molecular weight excluding hydrogens is 715 g/mol. The SMILES string of the molecule is CC1(C)c2ccccc2Sc2c1ccc1c2-c2ccc(-c3ccnc(-c4ccc5c(c4)C(C)(C)c4ccc6c(c4-5)Sc4ccccc4C6(C)C)c3)cc2C1(C)C. The first-order valence-corrected chi connectivity index (χ1v) is 21.6. The van der Waals surface area contributed by atoms with Crippen molar-refractivity contribution in [1.82, 2.24) is 4.98 Å². The summed E-state index contributed by atoms with van der Waals surface area (Å²) in [6.07, 6.45) is 1.99. The largest absolute Gasteiger partial charge is 0.256 e. The highest BCUT2D eigenvalue weighted by Gasteiger charge is 2.44. The van der Waals surface area contributed by atoms with E-state index in [1.807, 2.05) is 29.7 Å². The summed E-state index contributed by atoms with van der Waals surface area (Å²) in [6, 6.07) is 46.3. The number of benzene rings is 6. The Bertz CT molecular complexity index is 2680. The minimum absolute atomic E-state index is 0.0520. The van der Waals surface area contributed by atoms with E-state index >= 15 is 0 Å². The van der Waals surface area contributed by atoms with Crippen molar-refractivity contribution in [2.45, 2.75) is 96.6 Å². The van der Waals surface area contributed by atoms with Crippen molar-refractivity contribution in [3.63, 3.8) is 0 Å². The van der Waals surface area contributed by atoms with Gasteiger partial charge in [0.25, 0.3) is 0 Å². The van der Waals surface area contributed by atoms with Gasteiger partial charge in [0.2, 0.25) is 0 Å². The van der Waals surface area contributed by atoms with Gasteiger partial charge in [-0.2, -0.15) is 0 Å². The van der Waals surface area contributed by atoms with Crippen molar-refractivity contribution in [3.05, 3.63) is 172 Å². The van der Waals surface area contributed by atoms with Crippen LogP contribution in [0, 0.1) is 0 Å². The second kappa shape index (κ2) is 11.4. The maximum atomic E-state index is 4.98. The number of pyridine rings is 1. The highest BCUT2D eigenvalue weighted by Crippen LogP contribution is 2.61. The van der Waals surface area contributed by atoms with E-state index in [-0.39, 0.29) is 21.7 Å². The highest BCUT2D eigenvalue weighted by atomic mass is 32.2. The molecular formula is C53H45NS2. The maximum Gasteiger partial charge on any atom is 0.0708 e. The van der Waals surface area contributed by atoms with E-state index in [2.05, 4.69) is 177 Å². The summed E-state index contributed by atoms with van der Waals surface area (Å²) in [7, 11) is 0. The van der Waals surface area contributed by atoms with Gasteiger partial charge in [-0.05, 0) is 103 Å². The average Bonchev–Trinajstić information content (AvgIpc) is 3.57. The molecule has 0 radical (unpaired) electrons. The van der Waals surface area contributed by atoms with Crippen LogP contribution in [0.1, 0.15) is 99.9 Å². The number of nitrogens with zero attached hydrogens (tertiary/aromatic N) is 1. The summed E-state index contributed by atoms with van der Waals surface area (Å²) in [5, 5.41) is 0. The molecule has 6 aromatic carbocycles. The first-order valence-electron chi connectivity index (χ1n) is 19.9. The van der Waals surface area contributed by atoms with Crippen molar-refractivity contribution < 1.29 is 0 Å². The predicted octanol–water partition coefficient (Wildman–Crippen LogP) is 14.6. The molecule has 3 heterocycles. The number of hydrogen-bond acceptors (Lipinski definition) is 3. The molecule has 0 saturated carbocycles. The third-order valence-electron chi connectivity index (χ3n) is 13.9. The van der Waals surface area contributed by atoms with E-state index in [1.165, 1.54) is 103 Å². The molecule has 0 amide bonds. The molecule has 2 aliphatic carbocycles. The van der Waals surface area contributed by atoms with Gasteiger partial charge >= 0.3 is 0 Å². The van der Waals surface area contributed by atoms with Gasteiger partial charge in [-0.1, -0.05) is 164 Å². The Kier molecular flexibility index (Phi) is 7.00. The highest BCUT2D eigenvalue weighted by molar-refractivity contribution is 8.00. The fourth-order valence-electron chi connectivity index (χ4n) is 10.5. The van der Waals surface area contributed by atoms with Crippen LogP contribution < -0.4 is 0 Å². The van der Waals surface area contributed by atoms with Crippen LogP contribution in [-0.2, 0) is 21.7 Å². The molecule has 0 bridgehead atoms. The number of hydrogen-bond donors (Lipinski definition) is 0. The Morgan fingerprint density at radius 2 is 0.804 bits per heavy atom. The molecule has 0 spiro atoms. The molecule has 11 rings (SSSR count). The zero-order chi connectivity index (χ0) is 38.5. The van der Waals surface area contributed by atoms with E-state index in [9.17, 15) is 0 Å². The summed E-state index contributed by atoms with van der Waals surface area (Å²) in [4.78, 5) is 10.6. The molecule has 7 aromatic rings. The normalized spacial score (nSPS) is 17.7. The Morgan fingerprint density at radius 1 is 0.375 bits per heavy atom. The Morgan fingerprint density at radius 3 is 1.34 bits per heavy atom. The number of rotatable bonds is 2. The first-order chi connectivity index (χ1) is 26.8. The lowest BCUT2D eigenvalue weighted by atomic mass is 9.75. The lowest BCUT2D eigenvalue weighted by Crippen LogP contribution is -2.24. The minimum Gasteiger partial charge on any atom is -0.256 e. The monoisotopic (exact) mass is 759 g/mol. The zero-order valence-electron chi connectivity index (χ0n) is 33.4. The number of fused-ring (bicyclic) bond motifs is 12. The van der Waals surface area contributed by atoms with Crippen LogP contribution in [0.15, 0.2) is 147 Å². The molecule has 274 valence electrons. The molecule has 1 nitrogen and oxygen atoms in total. The molecule has 0 atom stereocenters. The second-order valence-electron chi connectivity index (χ2n) is 18.4. The van der Waals surface area contributed by atoms with E-state index in [4.69, 9.17) is 4.98 Å². The standard InChI is InChI=1S/C53H45NS2/c1-50(2)35-13-9-11-15-44(35)55-48-39(50)23-21-37-46(48)33-19-17-30(27-41(33)52(37,5)6)31-25-26-54-43(29-31)32-18-20-34-42(28-32)53(7,8)38-22-24-40-49(47(34)38)56-45-16-12-10-14-36(45)51(40,3)4/h9-29H,1-8H3. The number of aromatic nitrogens is 1. The molecule has 0 N–H and O–H groups in total. The third kappa shape index (κ3) is 4.50. The van der Waals surface area contributed by atoms with Crippen LogP contribution in [0.25, 0.3) is 44.6 Å². The van der Waals surface area contributed by atoms with E-state index < -0.39 is 0 Å². The molecule has 56 heavy (non-hydrogen) atoms. The van der Waals surface area contributed by atoms with Gasteiger partial charge in [0.05, 0.1) is 5.69 Å². The van der Waals surface area contributed by atoms with Gasteiger partial charge in [-0.25, -0.2) is 0 Å². The second-order valence-corrected chi connectivity index (χ2v) is 20.5. The first kappa shape index (κ1) is 34.4. The summed E-state index contributed by atoms with van der Waals surface area (Å²) in [6.45, 7) is 19.1. The lowest BCUT2D eigenvalue weighted by Gasteiger charge is -2.36. The van der Waals surface area contributed by atoms with Crippen molar-refractivity contribution >= 4 is 23.5 Å². The van der Waals surface area contributed by atoms with Gasteiger partial charge in [0.1, 0.15) is 0 Å². The fourth-order valence-corrected chi connectivity index (χ4v) is 13.7. The van der Waals surface area contributed by atoms with Crippen LogP contribution in [0.4, 0.5) is 0 Å². The van der Waals surface area contributed by atoms with Crippen LogP contribution in [0.2, 0.25) is 0 Å². The predicted molar refractivity (Wildman–Crippen MR) is 236 cm³/mol. The van der Waals surface area contributed by atoms with Crippen LogP contribution in [-0.4, -0.2) is 4.98 Å². The van der Waals surface area contributed by atoms with Crippen LogP contribution >= 0.6 is 23.5 Å². The maximum absolute atomic E-state index is 4.98. The molecule has 0 saturated heterocycles. The van der Waals surface area contributed by atoms with Gasteiger partial charge in [-0.15, -0.1) is 0 Å². The Hall–Kier alpha value is -4.83. The lowest BCUT2D eigenvalue weighted by molar-refractivity contribution is 0.604. The van der Waals surface area contributed by atoms with Gasteiger partial charge < -0.3 is 0 Å². The molecule has 1 aromatic heterocycles. The summed E-state index contributed by atoms with van der Waals surface area (Å²) in [5.74, 6) is 0. The summed E-state index contributed by atoms with van der Waals surface area (Å²) < 4.78 is 0. The smallest absolute Gasteiger partial charge is 0.0708 e. The fraction of sp³-hybridized carbons (Fsp3) is 0.226. The molecule has 0 unspecified atom stereocenters. The summed E-state index contributed by atoms with van der Waals surface area (Å²) >= 11 is 3.90. The third-order valence-corrected chi connectivity index (χ3v) is 16.3. The molecule has 2 aliphatic heterocycles. The van der Waals surface area contributed by atoms with Gasteiger partial charge in [-0.3, -0.25) is 4.98 Å². The summed E-state index contributed by atoms with van der Waals surface area (Å²) in [5.41, 5.74) is 21.2. The average molecular weight is 760 g/mol. The van der Waals surface area contributed by atoms with Crippen LogP contribution in [0.3, 0.4) is 0 Å². The van der Waals surface area contributed by atoms with Gasteiger partial charge in [0, 0.05) is 64.1 Å². The molecule has 0 fully saturated rings. The van der Waals surface area contributed by atoms with E-state index in [1.54, 1.807) is 0 Å². The van der Waals surface area contributed by atoms with Gasteiger partial charge in [0.15, 0.2) is 0 Å². The van der Waals surface area contributed by atoms with Crippen molar-refractivity contribution in [1.29, 1.82) is 0 Å². The Labute approximate surface area is 340 Å². The van der Waals surface area contributed by atoms with E-state index in [0.29, 0.717) is 0 Å². The topological polar surface area (TPSA) is 12.9 Å². The van der Waals surface area contributed by atoms with Crippen molar-refractivity contribution in [3.8, 4) is 44.6 Å². The minimum atomic E-state index is -0.121. The Balaban J connectivity index is 0.977.